The Morgan fingerprint density at radius 3 is 2.60 bits per heavy atom. The quantitative estimate of drug-likeness (QED) is 0.792. The predicted molar refractivity (Wildman–Crippen MR) is 64.5 cm³/mol. The summed E-state index contributed by atoms with van der Waals surface area (Å²) >= 11 is 0. The van der Waals surface area contributed by atoms with Crippen molar-refractivity contribution in [3.8, 4) is 0 Å². The van der Waals surface area contributed by atoms with E-state index >= 15 is 0 Å². The molecule has 90 valence electrons. The second kappa shape index (κ2) is 5.41. The minimum atomic E-state index is -0.781. The second-order valence-corrected chi connectivity index (χ2v) is 7.39. The summed E-state index contributed by atoms with van der Waals surface area (Å²) in [6.07, 6.45) is 1.09. The van der Waals surface area contributed by atoms with Crippen molar-refractivity contribution in [2.24, 2.45) is 5.92 Å². The Bertz CT molecular complexity index is 219. The molecular weight excluding hydrogens is 210 g/mol. The first-order valence-corrected chi connectivity index (χ1v) is 6.90. The van der Waals surface area contributed by atoms with E-state index in [1.54, 1.807) is 0 Å². The average molecular weight is 233 g/mol. The van der Waals surface area contributed by atoms with Crippen LogP contribution in [0.1, 0.15) is 27.2 Å². The first-order chi connectivity index (χ1) is 6.95. The van der Waals surface area contributed by atoms with Crippen LogP contribution in [-0.2, 0) is 15.5 Å². The monoisotopic (exact) mass is 233 g/mol. The van der Waals surface area contributed by atoms with Crippen LogP contribution < -0.4 is 5.32 Å². The van der Waals surface area contributed by atoms with Crippen LogP contribution in [0.4, 0.5) is 0 Å². The molecule has 0 aromatic carbocycles. The molecule has 1 N–H and O–H groups in total. The van der Waals surface area contributed by atoms with Gasteiger partial charge in [0.1, 0.15) is 0 Å². The molecule has 0 spiro atoms. The smallest absolute Gasteiger partial charge is 0.0510 e. The molecule has 1 rings (SSSR count). The van der Waals surface area contributed by atoms with E-state index in [9.17, 15) is 4.21 Å². The molecular formula is C11H23NO2S. The van der Waals surface area contributed by atoms with Crippen LogP contribution in [0.25, 0.3) is 0 Å². The van der Waals surface area contributed by atoms with Gasteiger partial charge >= 0.3 is 0 Å². The molecule has 1 heterocycles. The van der Waals surface area contributed by atoms with E-state index in [1.165, 1.54) is 0 Å². The molecule has 0 saturated carbocycles. The maximum absolute atomic E-state index is 12.0. The van der Waals surface area contributed by atoms with E-state index in [0.29, 0.717) is 12.0 Å². The molecule has 0 amide bonds. The van der Waals surface area contributed by atoms with Gasteiger partial charge in [-0.25, -0.2) is 0 Å². The van der Waals surface area contributed by atoms with Gasteiger partial charge in [0.15, 0.2) is 0 Å². The van der Waals surface area contributed by atoms with Crippen molar-refractivity contribution < 1.29 is 8.95 Å². The highest BCUT2D eigenvalue weighted by atomic mass is 32.2. The molecule has 3 atom stereocenters. The van der Waals surface area contributed by atoms with E-state index in [1.807, 2.05) is 27.8 Å². The lowest BCUT2D eigenvalue weighted by Crippen LogP contribution is -2.41. The molecule has 1 saturated heterocycles. The van der Waals surface area contributed by atoms with Gasteiger partial charge in [-0.15, -0.1) is 0 Å². The van der Waals surface area contributed by atoms with E-state index < -0.39 is 10.8 Å². The SMILES string of the molecule is CNC(CS(=O)C(C)(C)C)C1CCOC1. The van der Waals surface area contributed by atoms with E-state index in [2.05, 4.69) is 5.32 Å². The van der Waals surface area contributed by atoms with Gasteiger partial charge in [-0.2, -0.15) is 0 Å². The molecule has 3 nitrogen and oxygen atoms in total. The number of ether oxygens (including phenoxy) is 1. The van der Waals surface area contributed by atoms with Gasteiger partial charge < -0.3 is 10.1 Å². The fourth-order valence-electron chi connectivity index (χ4n) is 1.74. The molecule has 0 aromatic rings. The normalized spacial score (nSPS) is 26.5. The summed E-state index contributed by atoms with van der Waals surface area (Å²) in [6, 6.07) is 0.326. The number of nitrogens with one attached hydrogen (secondary N) is 1. The zero-order valence-electron chi connectivity index (χ0n) is 10.2. The highest BCUT2D eigenvalue weighted by Crippen LogP contribution is 2.20. The zero-order valence-corrected chi connectivity index (χ0v) is 11.0. The molecule has 4 heteroatoms. The summed E-state index contributed by atoms with van der Waals surface area (Å²) in [5.74, 6) is 1.26. The Morgan fingerprint density at radius 2 is 2.20 bits per heavy atom. The number of rotatable bonds is 4. The molecule has 1 aliphatic heterocycles. The van der Waals surface area contributed by atoms with Gasteiger partial charge in [-0.3, -0.25) is 4.21 Å². The molecule has 1 fully saturated rings. The lowest BCUT2D eigenvalue weighted by atomic mass is 10.0. The van der Waals surface area contributed by atoms with E-state index in [0.717, 1.165) is 25.4 Å². The molecule has 0 bridgehead atoms. The summed E-state index contributed by atoms with van der Waals surface area (Å²) in [7, 11) is 1.17. The van der Waals surface area contributed by atoms with Gasteiger partial charge in [0.2, 0.25) is 0 Å². The number of hydrogen-bond donors (Lipinski definition) is 1. The van der Waals surface area contributed by atoms with Crippen molar-refractivity contribution in [1.29, 1.82) is 0 Å². The second-order valence-electron chi connectivity index (χ2n) is 5.14. The summed E-state index contributed by atoms with van der Waals surface area (Å²) in [4.78, 5) is 0. The van der Waals surface area contributed by atoms with Crippen molar-refractivity contribution in [1.82, 2.24) is 5.32 Å². The molecule has 0 radical (unpaired) electrons. The Hall–Kier alpha value is 0.0700. The minimum absolute atomic E-state index is 0.117. The molecule has 0 aromatic heterocycles. The summed E-state index contributed by atoms with van der Waals surface area (Å²) < 4.78 is 17.3. The summed E-state index contributed by atoms with van der Waals surface area (Å²) in [6.45, 7) is 7.75. The van der Waals surface area contributed by atoms with Gasteiger partial charge in [0.25, 0.3) is 0 Å². The lowest BCUT2D eigenvalue weighted by molar-refractivity contribution is 0.179. The summed E-state index contributed by atoms with van der Waals surface area (Å²) in [5.41, 5.74) is 0. The predicted octanol–water partition coefficient (Wildman–Crippen LogP) is 1.16. The lowest BCUT2D eigenvalue weighted by Gasteiger charge is -2.25. The van der Waals surface area contributed by atoms with Crippen LogP contribution >= 0.6 is 0 Å². The van der Waals surface area contributed by atoms with Crippen molar-refractivity contribution in [2.45, 2.75) is 38.0 Å². The van der Waals surface area contributed by atoms with Gasteiger partial charge in [-0.05, 0) is 34.2 Å². The average Bonchev–Trinajstić information content (AvgIpc) is 2.64. The van der Waals surface area contributed by atoms with Gasteiger partial charge in [-0.1, -0.05) is 0 Å². The Kier molecular flexibility index (Phi) is 4.74. The summed E-state index contributed by atoms with van der Waals surface area (Å²) in [5, 5.41) is 3.27. The molecule has 3 unspecified atom stereocenters. The Morgan fingerprint density at radius 1 is 1.53 bits per heavy atom. The Labute approximate surface area is 95.4 Å². The third-order valence-corrected chi connectivity index (χ3v) is 4.95. The van der Waals surface area contributed by atoms with Crippen LogP contribution in [-0.4, -0.2) is 41.0 Å². The minimum Gasteiger partial charge on any atom is -0.381 e. The number of hydrogen-bond acceptors (Lipinski definition) is 3. The highest BCUT2D eigenvalue weighted by molar-refractivity contribution is 7.86. The topological polar surface area (TPSA) is 38.3 Å². The van der Waals surface area contributed by atoms with Crippen molar-refractivity contribution in [2.75, 3.05) is 26.0 Å². The fraction of sp³-hybridized carbons (Fsp3) is 1.00. The first kappa shape index (κ1) is 13.1. The maximum atomic E-state index is 12.0. The maximum Gasteiger partial charge on any atom is 0.0510 e. The van der Waals surface area contributed by atoms with Gasteiger partial charge in [0.05, 0.1) is 6.61 Å². The van der Waals surface area contributed by atoms with Crippen molar-refractivity contribution in [3.63, 3.8) is 0 Å². The molecule has 1 aliphatic rings. The van der Waals surface area contributed by atoms with Gasteiger partial charge in [0, 0.05) is 39.9 Å². The first-order valence-electron chi connectivity index (χ1n) is 5.58. The van der Waals surface area contributed by atoms with E-state index in [4.69, 9.17) is 4.74 Å². The standard InChI is InChI=1S/C11H23NO2S/c1-11(2,3)15(13)8-10(12-4)9-5-6-14-7-9/h9-10,12H,5-8H2,1-4H3. The van der Waals surface area contributed by atoms with E-state index in [-0.39, 0.29) is 4.75 Å². The third-order valence-electron chi connectivity index (χ3n) is 2.92. The third kappa shape index (κ3) is 3.85. The highest BCUT2D eigenvalue weighted by Gasteiger charge is 2.29. The van der Waals surface area contributed by atoms with Crippen LogP contribution in [0.3, 0.4) is 0 Å². The van der Waals surface area contributed by atoms with Crippen LogP contribution in [0.2, 0.25) is 0 Å². The fourth-order valence-corrected chi connectivity index (χ4v) is 3.00. The largest absolute Gasteiger partial charge is 0.381 e. The van der Waals surface area contributed by atoms with Crippen LogP contribution in [0.5, 0.6) is 0 Å². The zero-order chi connectivity index (χ0) is 11.5. The van der Waals surface area contributed by atoms with Crippen molar-refractivity contribution in [3.05, 3.63) is 0 Å². The van der Waals surface area contributed by atoms with Crippen LogP contribution in [0.15, 0.2) is 0 Å². The van der Waals surface area contributed by atoms with Crippen LogP contribution in [0, 0.1) is 5.92 Å². The Balaban J connectivity index is 2.49. The molecule has 15 heavy (non-hydrogen) atoms. The molecule has 0 aliphatic carbocycles. The van der Waals surface area contributed by atoms with Crippen molar-refractivity contribution >= 4 is 10.8 Å².